The smallest absolute Gasteiger partial charge is 0.274 e. The van der Waals surface area contributed by atoms with Crippen molar-refractivity contribution in [2.45, 2.75) is 19.1 Å². The van der Waals surface area contributed by atoms with Gasteiger partial charge in [0.1, 0.15) is 12.4 Å². The molecule has 1 aromatic heterocycles. The lowest BCUT2D eigenvalue weighted by Gasteiger charge is -2.29. The molecule has 0 radical (unpaired) electrons. The van der Waals surface area contributed by atoms with Crippen LogP contribution < -0.4 is 10.2 Å². The summed E-state index contributed by atoms with van der Waals surface area (Å²) in [6.45, 7) is 1.86. The fourth-order valence-electron chi connectivity index (χ4n) is 3.50. The highest BCUT2D eigenvalue weighted by atomic mass is 16.5. The number of aromatic nitrogens is 1. The van der Waals surface area contributed by atoms with Crippen LogP contribution in [0.1, 0.15) is 33.1 Å². The number of rotatable bonds is 4. The molecule has 0 saturated heterocycles. The molecule has 1 atom stereocenters. The third-order valence-electron chi connectivity index (χ3n) is 4.93. The SMILES string of the molecule is O=C(NO)c1ccc2c(c1)OC[C@H](c1ccccc1)N(Cc1cccnc1)C2. The number of hydrogen-bond donors (Lipinski definition) is 2. The Hall–Kier alpha value is -3.22. The molecule has 0 fully saturated rings. The first kappa shape index (κ1) is 18.2. The van der Waals surface area contributed by atoms with Crippen LogP contribution in [0.3, 0.4) is 0 Å². The summed E-state index contributed by atoms with van der Waals surface area (Å²) in [5.41, 5.74) is 5.33. The number of hydrogen-bond acceptors (Lipinski definition) is 5. The topological polar surface area (TPSA) is 74.7 Å². The highest BCUT2D eigenvalue weighted by Crippen LogP contribution is 2.33. The summed E-state index contributed by atoms with van der Waals surface area (Å²) in [6, 6.07) is 19.6. The lowest BCUT2D eigenvalue weighted by molar-refractivity contribution is 0.0706. The normalized spacial score (nSPS) is 16.5. The van der Waals surface area contributed by atoms with E-state index in [1.54, 1.807) is 23.8 Å². The van der Waals surface area contributed by atoms with Crippen LogP contribution in [0.4, 0.5) is 0 Å². The van der Waals surface area contributed by atoms with E-state index in [4.69, 9.17) is 9.94 Å². The van der Waals surface area contributed by atoms with Crippen molar-refractivity contribution in [3.63, 3.8) is 0 Å². The highest BCUT2D eigenvalue weighted by molar-refractivity contribution is 5.93. The molecule has 2 N–H and O–H groups in total. The number of carbonyl (C=O) groups excluding carboxylic acids is 1. The van der Waals surface area contributed by atoms with E-state index in [0.29, 0.717) is 24.5 Å². The first-order valence-electron chi connectivity index (χ1n) is 9.12. The molecule has 142 valence electrons. The molecule has 6 nitrogen and oxygen atoms in total. The van der Waals surface area contributed by atoms with Gasteiger partial charge in [0.25, 0.3) is 5.91 Å². The molecule has 0 saturated carbocycles. The third kappa shape index (κ3) is 3.88. The maximum Gasteiger partial charge on any atom is 0.274 e. The molecule has 4 rings (SSSR count). The van der Waals surface area contributed by atoms with Gasteiger partial charge in [0.15, 0.2) is 0 Å². The zero-order valence-electron chi connectivity index (χ0n) is 15.3. The second kappa shape index (κ2) is 8.21. The number of fused-ring (bicyclic) bond motifs is 1. The molecular formula is C22H21N3O3. The molecular weight excluding hydrogens is 354 g/mol. The number of hydroxylamine groups is 1. The molecule has 1 amide bonds. The van der Waals surface area contributed by atoms with E-state index in [-0.39, 0.29) is 6.04 Å². The van der Waals surface area contributed by atoms with E-state index >= 15 is 0 Å². The second-order valence-corrected chi connectivity index (χ2v) is 6.77. The minimum atomic E-state index is -0.553. The molecule has 0 aliphatic carbocycles. The molecule has 0 spiro atoms. The van der Waals surface area contributed by atoms with Crippen LogP contribution in [0, 0.1) is 0 Å². The number of amides is 1. The fraction of sp³-hybridized carbons (Fsp3) is 0.182. The Balaban J connectivity index is 1.68. The maximum atomic E-state index is 11.7. The van der Waals surface area contributed by atoms with Crippen molar-refractivity contribution < 1.29 is 14.7 Å². The summed E-state index contributed by atoms with van der Waals surface area (Å²) >= 11 is 0. The van der Waals surface area contributed by atoms with Gasteiger partial charge in [0, 0.05) is 36.6 Å². The zero-order valence-corrected chi connectivity index (χ0v) is 15.3. The van der Waals surface area contributed by atoms with Crippen LogP contribution in [0.15, 0.2) is 73.1 Å². The predicted molar refractivity (Wildman–Crippen MR) is 104 cm³/mol. The monoisotopic (exact) mass is 375 g/mol. The van der Waals surface area contributed by atoms with Gasteiger partial charge in [0.2, 0.25) is 0 Å². The van der Waals surface area contributed by atoms with Crippen LogP contribution >= 0.6 is 0 Å². The van der Waals surface area contributed by atoms with Gasteiger partial charge in [-0.25, -0.2) is 5.48 Å². The summed E-state index contributed by atoms with van der Waals surface area (Å²) < 4.78 is 6.10. The molecule has 1 aliphatic rings. The van der Waals surface area contributed by atoms with Gasteiger partial charge < -0.3 is 4.74 Å². The van der Waals surface area contributed by atoms with E-state index in [9.17, 15) is 4.79 Å². The van der Waals surface area contributed by atoms with Gasteiger partial charge >= 0.3 is 0 Å². The zero-order chi connectivity index (χ0) is 19.3. The Morgan fingerprint density at radius 1 is 1.18 bits per heavy atom. The third-order valence-corrected chi connectivity index (χ3v) is 4.93. The maximum absolute atomic E-state index is 11.7. The summed E-state index contributed by atoms with van der Waals surface area (Å²) in [6.07, 6.45) is 3.65. The van der Waals surface area contributed by atoms with E-state index in [0.717, 1.165) is 17.7 Å². The van der Waals surface area contributed by atoms with Gasteiger partial charge in [-0.15, -0.1) is 0 Å². The molecule has 6 heteroatoms. The van der Waals surface area contributed by atoms with Crippen molar-refractivity contribution in [3.8, 4) is 5.75 Å². The number of benzene rings is 2. The van der Waals surface area contributed by atoms with E-state index < -0.39 is 5.91 Å². The minimum absolute atomic E-state index is 0.0592. The van der Waals surface area contributed by atoms with Crippen LogP contribution in [0.2, 0.25) is 0 Å². The predicted octanol–water partition coefficient (Wildman–Crippen LogP) is 3.34. The quantitative estimate of drug-likeness (QED) is 0.540. The molecule has 28 heavy (non-hydrogen) atoms. The van der Waals surface area contributed by atoms with Gasteiger partial charge in [-0.05, 0) is 29.3 Å². The number of nitrogens with zero attached hydrogens (tertiary/aromatic N) is 2. The van der Waals surface area contributed by atoms with Gasteiger partial charge in [-0.1, -0.05) is 42.5 Å². The summed E-state index contributed by atoms with van der Waals surface area (Å²) in [5.74, 6) is 0.109. The average Bonchev–Trinajstić information content (AvgIpc) is 2.93. The van der Waals surface area contributed by atoms with Crippen LogP contribution in [0.25, 0.3) is 0 Å². The fourth-order valence-corrected chi connectivity index (χ4v) is 3.50. The molecule has 2 heterocycles. The van der Waals surface area contributed by atoms with Crippen molar-refractivity contribution in [1.82, 2.24) is 15.4 Å². The number of nitrogens with one attached hydrogen (secondary N) is 1. The number of pyridine rings is 1. The molecule has 3 aromatic rings. The lowest BCUT2D eigenvalue weighted by Crippen LogP contribution is -2.30. The van der Waals surface area contributed by atoms with Crippen molar-refractivity contribution >= 4 is 5.91 Å². The Kier molecular flexibility index (Phi) is 5.32. The van der Waals surface area contributed by atoms with Gasteiger partial charge in [-0.3, -0.25) is 19.9 Å². The van der Waals surface area contributed by atoms with E-state index in [1.165, 1.54) is 5.56 Å². The van der Waals surface area contributed by atoms with Crippen molar-refractivity contribution in [3.05, 3.63) is 95.3 Å². The highest BCUT2D eigenvalue weighted by Gasteiger charge is 2.27. The van der Waals surface area contributed by atoms with Crippen molar-refractivity contribution in [2.75, 3.05) is 6.61 Å². The average molecular weight is 375 g/mol. The Morgan fingerprint density at radius 3 is 2.79 bits per heavy atom. The minimum Gasteiger partial charge on any atom is -0.491 e. The summed E-state index contributed by atoms with van der Waals surface area (Å²) in [4.78, 5) is 18.3. The summed E-state index contributed by atoms with van der Waals surface area (Å²) in [5, 5.41) is 8.89. The number of carbonyl (C=O) groups is 1. The van der Waals surface area contributed by atoms with Gasteiger partial charge in [0.05, 0.1) is 6.04 Å². The molecule has 2 aromatic carbocycles. The van der Waals surface area contributed by atoms with Gasteiger partial charge in [-0.2, -0.15) is 0 Å². The van der Waals surface area contributed by atoms with Crippen molar-refractivity contribution in [2.24, 2.45) is 0 Å². The molecule has 1 aliphatic heterocycles. The second-order valence-electron chi connectivity index (χ2n) is 6.77. The Bertz CT molecular complexity index is 948. The molecule has 0 unspecified atom stereocenters. The van der Waals surface area contributed by atoms with E-state index in [1.807, 2.05) is 36.5 Å². The van der Waals surface area contributed by atoms with Crippen LogP contribution in [-0.4, -0.2) is 27.6 Å². The largest absolute Gasteiger partial charge is 0.491 e. The van der Waals surface area contributed by atoms with Crippen molar-refractivity contribution in [1.29, 1.82) is 0 Å². The Labute approximate surface area is 163 Å². The summed E-state index contributed by atoms with van der Waals surface area (Å²) in [7, 11) is 0. The number of ether oxygens (including phenoxy) is 1. The van der Waals surface area contributed by atoms with Crippen LogP contribution in [-0.2, 0) is 13.1 Å². The lowest BCUT2D eigenvalue weighted by atomic mass is 10.0. The van der Waals surface area contributed by atoms with Crippen LogP contribution in [0.5, 0.6) is 5.75 Å². The molecule has 0 bridgehead atoms. The first-order valence-corrected chi connectivity index (χ1v) is 9.12. The standard InChI is InChI=1S/C22H21N3O3/c26-22(24-27)18-8-9-19-14-25(13-16-5-4-10-23-12-16)20(15-28-21(19)11-18)17-6-2-1-3-7-17/h1-12,20,27H,13-15H2,(H,24,26)/t20-/m1/s1. The first-order chi connectivity index (χ1) is 13.7. The van der Waals surface area contributed by atoms with E-state index in [2.05, 4.69) is 28.1 Å². The Morgan fingerprint density at radius 2 is 2.04 bits per heavy atom.